The first-order valence-corrected chi connectivity index (χ1v) is 9.01. The van der Waals surface area contributed by atoms with Gasteiger partial charge in [-0.1, -0.05) is 13.8 Å². The highest BCUT2D eigenvalue weighted by Crippen LogP contribution is 2.66. The van der Waals surface area contributed by atoms with Gasteiger partial charge < -0.3 is 19.5 Å². The van der Waals surface area contributed by atoms with Gasteiger partial charge >= 0.3 is 11.9 Å². The Morgan fingerprint density at radius 1 is 1.17 bits per heavy atom. The molecule has 1 aliphatic carbocycles. The summed E-state index contributed by atoms with van der Waals surface area (Å²) in [6, 6.07) is 0. The molecule has 0 amide bonds. The topological polar surface area (TPSA) is 73.9 Å². The van der Waals surface area contributed by atoms with Crippen molar-refractivity contribution in [3.8, 4) is 0 Å². The van der Waals surface area contributed by atoms with E-state index in [1.807, 2.05) is 20.8 Å². The molecule has 1 saturated carbocycles. The molecule has 4 aliphatic rings. The van der Waals surface area contributed by atoms with Crippen LogP contribution in [-0.4, -0.2) is 49.9 Å². The van der Waals surface area contributed by atoms with E-state index < -0.39 is 16.4 Å². The molecule has 3 heterocycles. The summed E-state index contributed by atoms with van der Waals surface area (Å²) in [6.07, 6.45) is 2.86. The van der Waals surface area contributed by atoms with E-state index in [0.29, 0.717) is 26.1 Å². The number of carbonyl (C=O) groups excluding carboxylic acids is 2. The van der Waals surface area contributed by atoms with Crippen molar-refractivity contribution in [1.82, 2.24) is 5.32 Å². The third-order valence-corrected chi connectivity index (χ3v) is 7.60. The molecule has 6 heteroatoms. The summed E-state index contributed by atoms with van der Waals surface area (Å²) in [4.78, 5) is 25.5. The van der Waals surface area contributed by atoms with E-state index in [2.05, 4.69) is 5.32 Å². The SMILES string of the molecule is CC1(C)[C@@]2(C)CC[C@]1(C(=O)O[C@H]1COCC13CCNCC3)OC2=O. The third-order valence-electron chi connectivity index (χ3n) is 7.60. The van der Waals surface area contributed by atoms with Gasteiger partial charge in [0.05, 0.1) is 18.6 Å². The maximum atomic E-state index is 13.1. The Morgan fingerprint density at radius 2 is 1.88 bits per heavy atom. The van der Waals surface area contributed by atoms with Gasteiger partial charge in [0, 0.05) is 10.8 Å². The van der Waals surface area contributed by atoms with E-state index >= 15 is 0 Å². The minimum Gasteiger partial charge on any atom is -0.456 e. The van der Waals surface area contributed by atoms with Gasteiger partial charge in [0.25, 0.3) is 0 Å². The molecule has 6 nitrogen and oxygen atoms in total. The standard InChI is InChI=1S/C18H27NO5/c1-15(2)16(3)4-5-18(15,24-13(16)20)14(21)23-12-10-22-11-17(12)6-8-19-9-7-17/h12,19H,4-11H2,1-3H3/t12-,16-,18+/m0/s1. The molecule has 4 fully saturated rings. The predicted molar refractivity (Wildman–Crippen MR) is 85.2 cm³/mol. The van der Waals surface area contributed by atoms with Crippen LogP contribution < -0.4 is 5.32 Å². The molecule has 134 valence electrons. The molecule has 0 aromatic heterocycles. The van der Waals surface area contributed by atoms with Gasteiger partial charge in [0.1, 0.15) is 6.10 Å². The van der Waals surface area contributed by atoms with Crippen molar-refractivity contribution >= 4 is 11.9 Å². The largest absolute Gasteiger partial charge is 0.456 e. The minimum atomic E-state index is -1.14. The Hall–Kier alpha value is -1.14. The van der Waals surface area contributed by atoms with E-state index in [0.717, 1.165) is 25.9 Å². The van der Waals surface area contributed by atoms with Crippen LogP contribution in [0.25, 0.3) is 0 Å². The monoisotopic (exact) mass is 337 g/mol. The van der Waals surface area contributed by atoms with Crippen molar-refractivity contribution in [2.45, 2.75) is 58.2 Å². The van der Waals surface area contributed by atoms with Crippen LogP contribution in [0.1, 0.15) is 46.5 Å². The molecule has 3 atom stereocenters. The number of piperidine rings is 1. The first-order chi connectivity index (χ1) is 11.3. The molecule has 2 bridgehead atoms. The molecule has 3 saturated heterocycles. The van der Waals surface area contributed by atoms with Gasteiger partial charge in [-0.3, -0.25) is 4.79 Å². The van der Waals surface area contributed by atoms with Crippen LogP contribution in [0.5, 0.6) is 0 Å². The Morgan fingerprint density at radius 3 is 2.46 bits per heavy atom. The fourth-order valence-corrected chi connectivity index (χ4v) is 5.12. The highest BCUT2D eigenvalue weighted by atomic mass is 16.6. The second-order valence-corrected chi connectivity index (χ2v) is 8.70. The zero-order chi connectivity index (χ0) is 17.2. The van der Waals surface area contributed by atoms with Crippen LogP contribution >= 0.6 is 0 Å². The van der Waals surface area contributed by atoms with Crippen LogP contribution in [-0.2, 0) is 23.8 Å². The highest BCUT2D eigenvalue weighted by molar-refractivity contribution is 5.93. The van der Waals surface area contributed by atoms with Crippen molar-refractivity contribution in [1.29, 1.82) is 0 Å². The lowest BCUT2D eigenvalue weighted by Crippen LogP contribution is -2.52. The summed E-state index contributed by atoms with van der Waals surface area (Å²) < 4.78 is 17.3. The average Bonchev–Trinajstić information content (AvgIpc) is 3.06. The number of esters is 2. The molecule has 0 aromatic rings. The number of fused-ring (bicyclic) bond motifs is 2. The molecule has 1 spiro atoms. The summed E-state index contributed by atoms with van der Waals surface area (Å²) in [6.45, 7) is 8.73. The third kappa shape index (κ3) is 1.79. The zero-order valence-corrected chi connectivity index (χ0v) is 14.8. The maximum Gasteiger partial charge on any atom is 0.351 e. The number of rotatable bonds is 2. The van der Waals surface area contributed by atoms with Crippen LogP contribution in [0.3, 0.4) is 0 Å². The van der Waals surface area contributed by atoms with E-state index in [-0.39, 0.29) is 23.5 Å². The second kappa shape index (κ2) is 4.94. The Labute approximate surface area is 142 Å². The smallest absolute Gasteiger partial charge is 0.351 e. The van der Waals surface area contributed by atoms with E-state index in [1.165, 1.54) is 0 Å². The lowest BCUT2D eigenvalue weighted by Gasteiger charge is -2.40. The van der Waals surface area contributed by atoms with Crippen LogP contribution in [0, 0.1) is 16.2 Å². The number of nitrogens with one attached hydrogen (secondary N) is 1. The fourth-order valence-electron chi connectivity index (χ4n) is 5.12. The van der Waals surface area contributed by atoms with Gasteiger partial charge in [-0.05, 0) is 45.7 Å². The number of hydrogen-bond acceptors (Lipinski definition) is 6. The Bertz CT molecular complexity index is 582. The lowest BCUT2D eigenvalue weighted by molar-refractivity contribution is -0.191. The van der Waals surface area contributed by atoms with E-state index in [4.69, 9.17) is 14.2 Å². The van der Waals surface area contributed by atoms with E-state index in [9.17, 15) is 9.59 Å². The molecule has 0 unspecified atom stereocenters. The maximum absolute atomic E-state index is 13.1. The van der Waals surface area contributed by atoms with E-state index in [1.54, 1.807) is 0 Å². The van der Waals surface area contributed by atoms with Gasteiger partial charge in [-0.25, -0.2) is 4.79 Å². The summed E-state index contributed by atoms with van der Waals surface area (Å²) in [5.74, 6) is -0.648. The number of carbonyl (C=O) groups is 2. The molecular weight excluding hydrogens is 310 g/mol. The molecular formula is C18H27NO5. The van der Waals surface area contributed by atoms with Crippen LogP contribution in [0.15, 0.2) is 0 Å². The van der Waals surface area contributed by atoms with Crippen LogP contribution in [0.2, 0.25) is 0 Å². The normalized spacial score (nSPS) is 42.3. The molecule has 0 aromatic carbocycles. The van der Waals surface area contributed by atoms with Crippen molar-refractivity contribution < 1.29 is 23.8 Å². The van der Waals surface area contributed by atoms with Crippen molar-refractivity contribution in [2.75, 3.05) is 26.3 Å². The predicted octanol–water partition coefficient (Wildman–Crippen LogP) is 1.42. The second-order valence-electron chi connectivity index (χ2n) is 8.70. The van der Waals surface area contributed by atoms with Crippen molar-refractivity contribution in [2.24, 2.45) is 16.2 Å². The first kappa shape index (κ1) is 16.3. The van der Waals surface area contributed by atoms with Gasteiger partial charge in [-0.2, -0.15) is 0 Å². The summed E-state index contributed by atoms with van der Waals surface area (Å²) >= 11 is 0. The highest BCUT2D eigenvalue weighted by Gasteiger charge is 2.76. The average molecular weight is 337 g/mol. The van der Waals surface area contributed by atoms with Crippen LogP contribution in [0.4, 0.5) is 0 Å². The van der Waals surface area contributed by atoms with Crippen molar-refractivity contribution in [3.05, 3.63) is 0 Å². The minimum absolute atomic E-state index is 0.0911. The fraction of sp³-hybridized carbons (Fsp3) is 0.889. The van der Waals surface area contributed by atoms with Crippen molar-refractivity contribution in [3.63, 3.8) is 0 Å². The Kier molecular flexibility index (Phi) is 3.37. The first-order valence-electron chi connectivity index (χ1n) is 9.01. The summed E-state index contributed by atoms with van der Waals surface area (Å²) in [5.41, 5.74) is -2.40. The quantitative estimate of drug-likeness (QED) is 0.768. The molecule has 24 heavy (non-hydrogen) atoms. The lowest BCUT2D eigenvalue weighted by atomic mass is 9.66. The molecule has 1 N–H and O–H groups in total. The van der Waals surface area contributed by atoms with Gasteiger partial charge in [0.2, 0.25) is 5.60 Å². The molecule has 0 radical (unpaired) electrons. The number of ether oxygens (including phenoxy) is 3. The number of hydrogen-bond donors (Lipinski definition) is 1. The molecule has 4 rings (SSSR count). The van der Waals surface area contributed by atoms with Gasteiger partial charge in [0.15, 0.2) is 0 Å². The Balaban J connectivity index is 1.58. The summed E-state index contributed by atoms with van der Waals surface area (Å²) in [7, 11) is 0. The summed E-state index contributed by atoms with van der Waals surface area (Å²) in [5, 5.41) is 3.35. The zero-order valence-electron chi connectivity index (χ0n) is 14.8. The van der Waals surface area contributed by atoms with Gasteiger partial charge in [-0.15, -0.1) is 0 Å². The molecule has 3 aliphatic heterocycles.